The van der Waals surface area contributed by atoms with Crippen molar-refractivity contribution in [2.24, 2.45) is 5.92 Å². The van der Waals surface area contributed by atoms with Crippen molar-refractivity contribution < 1.29 is 14.0 Å². The van der Waals surface area contributed by atoms with E-state index in [1.54, 1.807) is 19.2 Å². The van der Waals surface area contributed by atoms with Gasteiger partial charge in [0.1, 0.15) is 5.75 Å². The molecule has 6 nitrogen and oxygen atoms in total. The van der Waals surface area contributed by atoms with Gasteiger partial charge in [-0.2, -0.15) is 4.98 Å². The van der Waals surface area contributed by atoms with E-state index in [1.165, 1.54) is 0 Å². The standard InChI is InChI=1S/C14H16ClN3O3/c1-19-12-6-11(16)10(15)5-9(12)14-17-13(18-21-14)4-8-2-3-20-7-8/h5-6,8H,2-4,7,16H2,1H3. The maximum absolute atomic E-state index is 6.05. The molecule has 2 heterocycles. The van der Waals surface area contributed by atoms with Crippen LogP contribution in [-0.4, -0.2) is 30.5 Å². The van der Waals surface area contributed by atoms with Gasteiger partial charge in [0.05, 0.1) is 23.4 Å². The average molecular weight is 310 g/mol. The topological polar surface area (TPSA) is 83.4 Å². The summed E-state index contributed by atoms with van der Waals surface area (Å²) in [7, 11) is 1.55. The number of benzene rings is 1. The maximum Gasteiger partial charge on any atom is 0.261 e. The number of hydrogen-bond acceptors (Lipinski definition) is 6. The van der Waals surface area contributed by atoms with E-state index in [0.29, 0.717) is 39.7 Å². The van der Waals surface area contributed by atoms with Gasteiger partial charge in [0.2, 0.25) is 0 Å². The molecular weight excluding hydrogens is 294 g/mol. The van der Waals surface area contributed by atoms with Crippen LogP contribution in [-0.2, 0) is 11.2 Å². The highest BCUT2D eigenvalue weighted by Gasteiger charge is 2.21. The Hall–Kier alpha value is -1.79. The highest BCUT2D eigenvalue weighted by molar-refractivity contribution is 6.33. The van der Waals surface area contributed by atoms with E-state index in [-0.39, 0.29) is 0 Å². The zero-order chi connectivity index (χ0) is 14.8. The van der Waals surface area contributed by atoms with Crippen LogP contribution >= 0.6 is 11.6 Å². The number of anilines is 1. The monoisotopic (exact) mass is 309 g/mol. The fourth-order valence-electron chi connectivity index (χ4n) is 2.35. The largest absolute Gasteiger partial charge is 0.496 e. The second kappa shape index (κ2) is 5.91. The van der Waals surface area contributed by atoms with Gasteiger partial charge in [-0.3, -0.25) is 0 Å². The molecule has 7 heteroatoms. The second-order valence-electron chi connectivity index (χ2n) is 5.02. The Kier molecular flexibility index (Phi) is 3.98. The smallest absolute Gasteiger partial charge is 0.261 e. The molecule has 112 valence electrons. The first-order valence-corrected chi connectivity index (χ1v) is 7.09. The SMILES string of the molecule is COc1cc(N)c(Cl)cc1-c1nc(CC2CCOC2)no1. The molecule has 2 N–H and O–H groups in total. The minimum Gasteiger partial charge on any atom is -0.496 e. The summed E-state index contributed by atoms with van der Waals surface area (Å²) in [6.45, 7) is 1.55. The van der Waals surface area contributed by atoms with Crippen LogP contribution in [0.5, 0.6) is 5.75 Å². The summed E-state index contributed by atoms with van der Waals surface area (Å²) in [4.78, 5) is 4.41. The van der Waals surface area contributed by atoms with Gasteiger partial charge in [-0.15, -0.1) is 0 Å². The van der Waals surface area contributed by atoms with Gasteiger partial charge in [0, 0.05) is 25.7 Å². The third-order valence-electron chi connectivity index (χ3n) is 3.51. The highest BCUT2D eigenvalue weighted by Crippen LogP contribution is 2.35. The number of nitrogen functional groups attached to an aromatic ring is 1. The molecule has 0 saturated carbocycles. The van der Waals surface area contributed by atoms with Crippen LogP contribution in [0, 0.1) is 5.92 Å². The van der Waals surface area contributed by atoms with E-state index >= 15 is 0 Å². The lowest BCUT2D eigenvalue weighted by molar-refractivity contribution is 0.185. The van der Waals surface area contributed by atoms with Crippen LogP contribution in [0.4, 0.5) is 5.69 Å². The summed E-state index contributed by atoms with van der Waals surface area (Å²) >= 11 is 6.05. The molecule has 1 aliphatic heterocycles. The molecule has 21 heavy (non-hydrogen) atoms. The number of rotatable bonds is 4. The summed E-state index contributed by atoms with van der Waals surface area (Å²) in [5.74, 6) is 2.04. The quantitative estimate of drug-likeness (QED) is 0.874. The molecule has 1 aromatic heterocycles. The lowest BCUT2D eigenvalue weighted by Crippen LogP contribution is -2.04. The van der Waals surface area contributed by atoms with Crippen LogP contribution in [0.3, 0.4) is 0 Å². The lowest BCUT2D eigenvalue weighted by atomic mass is 10.1. The molecule has 1 unspecified atom stereocenters. The fraction of sp³-hybridized carbons (Fsp3) is 0.429. The Labute approximate surface area is 127 Å². The number of halogens is 1. The van der Waals surface area contributed by atoms with Crippen molar-refractivity contribution >= 4 is 17.3 Å². The minimum atomic E-state index is 0.377. The highest BCUT2D eigenvalue weighted by atomic mass is 35.5. The third kappa shape index (κ3) is 2.96. The van der Waals surface area contributed by atoms with E-state index in [4.69, 9.17) is 31.3 Å². The molecule has 1 atom stereocenters. The minimum absolute atomic E-state index is 0.377. The number of nitrogens with two attached hydrogens (primary N) is 1. The van der Waals surface area contributed by atoms with Crippen LogP contribution in [0.15, 0.2) is 16.7 Å². The molecule has 2 aromatic rings. The predicted octanol–water partition coefficient (Wildman–Crippen LogP) is 2.56. The molecular formula is C14H16ClN3O3. The lowest BCUT2D eigenvalue weighted by Gasteiger charge is -2.07. The molecule has 0 amide bonds. The molecule has 0 radical (unpaired) electrons. The van der Waals surface area contributed by atoms with E-state index in [2.05, 4.69) is 10.1 Å². The first-order valence-electron chi connectivity index (χ1n) is 6.71. The fourth-order valence-corrected chi connectivity index (χ4v) is 2.52. The molecule has 1 fully saturated rings. The Morgan fingerprint density at radius 3 is 3.05 bits per heavy atom. The van der Waals surface area contributed by atoms with E-state index in [9.17, 15) is 0 Å². The van der Waals surface area contributed by atoms with Crippen LogP contribution in [0.25, 0.3) is 11.5 Å². The molecule has 3 rings (SSSR count). The number of aromatic nitrogens is 2. The van der Waals surface area contributed by atoms with Crippen molar-refractivity contribution in [2.45, 2.75) is 12.8 Å². The Morgan fingerprint density at radius 2 is 2.33 bits per heavy atom. The van der Waals surface area contributed by atoms with Crippen molar-refractivity contribution in [2.75, 3.05) is 26.1 Å². The number of hydrogen-bond donors (Lipinski definition) is 1. The van der Waals surface area contributed by atoms with Crippen molar-refractivity contribution in [3.63, 3.8) is 0 Å². The first-order chi connectivity index (χ1) is 10.2. The van der Waals surface area contributed by atoms with Gasteiger partial charge in [-0.05, 0) is 18.4 Å². The van der Waals surface area contributed by atoms with Gasteiger partial charge in [0.15, 0.2) is 5.82 Å². The Morgan fingerprint density at radius 1 is 1.48 bits per heavy atom. The summed E-state index contributed by atoms with van der Waals surface area (Å²) in [6.07, 6.45) is 1.77. The third-order valence-corrected chi connectivity index (χ3v) is 3.84. The van der Waals surface area contributed by atoms with E-state index < -0.39 is 0 Å². The predicted molar refractivity (Wildman–Crippen MR) is 78.3 cm³/mol. The van der Waals surface area contributed by atoms with E-state index in [0.717, 1.165) is 26.1 Å². The average Bonchev–Trinajstić information content (AvgIpc) is 3.13. The zero-order valence-electron chi connectivity index (χ0n) is 11.6. The summed E-state index contributed by atoms with van der Waals surface area (Å²) in [5, 5.41) is 4.44. The maximum atomic E-state index is 6.05. The first kappa shape index (κ1) is 14.2. The van der Waals surface area contributed by atoms with Gasteiger partial charge in [0.25, 0.3) is 5.89 Å². The summed E-state index contributed by atoms with van der Waals surface area (Å²) in [5.41, 5.74) is 6.85. The molecule has 1 aromatic carbocycles. The van der Waals surface area contributed by atoms with Gasteiger partial charge < -0.3 is 19.7 Å². The summed E-state index contributed by atoms with van der Waals surface area (Å²) in [6, 6.07) is 3.32. The molecule has 0 spiro atoms. The number of methoxy groups -OCH3 is 1. The molecule has 0 aliphatic carbocycles. The van der Waals surface area contributed by atoms with Crippen molar-refractivity contribution in [3.05, 3.63) is 23.0 Å². The van der Waals surface area contributed by atoms with Crippen LogP contribution in [0.2, 0.25) is 5.02 Å². The van der Waals surface area contributed by atoms with E-state index in [1.807, 2.05) is 0 Å². The van der Waals surface area contributed by atoms with Gasteiger partial charge in [-0.25, -0.2) is 0 Å². The number of nitrogens with zero attached hydrogens (tertiary/aromatic N) is 2. The van der Waals surface area contributed by atoms with Crippen LogP contribution < -0.4 is 10.5 Å². The molecule has 0 bridgehead atoms. The van der Waals surface area contributed by atoms with Gasteiger partial charge in [-0.1, -0.05) is 16.8 Å². The van der Waals surface area contributed by atoms with Crippen LogP contribution in [0.1, 0.15) is 12.2 Å². The summed E-state index contributed by atoms with van der Waals surface area (Å²) < 4.78 is 16.0. The van der Waals surface area contributed by atoms with Crippen molar-refractivity contribution in [1.82, 2.24) is 10.1 Å². The molecule has 1 aliphatic rings. The van der Waals surface area contributed by atoms with Gasteiger partial charge >= 0.3 is 0 Å². The Balaban J connectivity index is 1.86. The number of ether oxygens (including phenoxy) is 2. The second-order valence-corrected chi connectivity index (χ2v) is 5.43. The Bertz CT molecular complexity index is 638. The zero-order valence-corrected chi connectivity index (χ0v) is 12.4. The van der Waals surface area contributed by atoms with Crippen molar-refractivity contribution in [1.29, 1.82) is 0 Å². The normalized spacial score (nSPS) is 18.1. The van der Waals surface area contributed by atoms with Crippen molar-refractivity contribution in [3.8, 4) is 17.2 Å². The molecule has 1 saturated heterocycles.